The third-order valence-corrected chi connectivity index (χ3v) is 18.2. The molecule has 25 heteroatoms. The van der Waals surface area contributed by atoms with Crippen LogP contribution >= 0.6 is 23.2 Å². The third-order valence-electron chi connectivity index (χ3n) is 13.4. The fraction of sp³-hybridized carbons (Fsp3) is 0.478. The van der Waals surface area contributed by atoms with Gasteiger partial charge in [-0.15, -0.1) is 0 Å². The summed E-state index contributed by atoms with van der Waals surface area (Å²) in [5.74, 6) is -0.0996. The first-order valence-corrected chi connectivity index (χ1v) is 26.7. The molecule has 4 aliphatic heterocycles. The number of sulfonamides is 2. The van der Waals surface area contributed by atoms with Crippen LogP contribution in [-0.2, 0) is 29.5 Å². The number of nitrogens with one attached hydrogen (secondary N) is 5. The molecular weight excluding hydrogens is 1010 g/mol. The van der Waals surface area contributed by atoms with E-state index in [2.05, 4.69) is 26.6 Å². The molecule has 4 saturated heterocycles. The molecule has 4 aromatic carbocycles. The van der Waals surface area contributed by atoms with E-state index in [0.717, 1.165) is 0 Å². The Morgan fingerprint density at radius 2 is 1.15 bits per heavy atom. The van der Waals surface area contributed by atoms with E-state index in [9.17, 15) is 46.2 Å². The smallest absolute Gasteiger partial charge is 0.272 e. The summed E-state index contributed by atoms with van der Waals surface area (Å²) in [6.45, 7) is 10.2. The predicted molar refractivity (Wildman–Crippen MR) is 266 cm³/mol. The van der Waals surface area contributed by atoms with Gasteiger partial charge in [-0.25, -0.2) is 16.8 Å². The van der Waals surface area contributed by atoms with E-state index in [1.165, 1.54) is 32.9 Å². The zero-order valence-corrected chi connectivity index (χ0v) is 42.3. The number of furan rings is 1. The van der Waals surface area contributed by atoms with E-state index in [-0.39, 0.29) is 94.1 Å². The average molecular weight is 1070 g/mol. The van der Waals surface area contributed by atoms with Gasteiger partial charge in [0, 0.05) is 50.3 Å². The van der Waals surface area contributed by atoms with Crippen molar-refractivity contribution < 1.29 is 45.7 Å². The molecule has 1 aromatic heterocycles. The Kier molecular flexibility index (Phi) is 15.3. The second-order valence-corrected chi connectivity index (χ2v) is 22.4. The molecule has 21 nitrogen and oxygen atoms in total. The maximum atomic E-state index is 13.6. The van der Waals surface area contributed by atoms with Crippen LogP contribution in [0.1, 0.15) is 63.5 Å². The number of rotatable bonds is 14. The van der Waals surface area contributed by atoms with Crippen LogP contribution in [0, 0.1) is 6.92 Å². The van der Waals surface area contributed by atoms with Crippen molar-refractivity contribution in [2.24, 2.45) is 0 Å². The number of anilines is 5. The lowest BCUT2D eigenvalue weighted by Crippen LogP contribution is -2.60. The zero-order valence-electron chi connectivity index (χ0n) is 39.1. The highest BCUT2D eigenvalue weighted by Gasteiger charge is 2.43. The Morgan fingerprint density at radius 1 is 0.690 bits per heavy atom. The van der Waals surface area contributed by atoms with Crippen LogP contribution in [0.2, 0.25) is 10.0 Å². The van der Waals surface area contributed by atoms with E-state index in [0.29, 0.717) is 83.1 Å². The first kappa shape index (κ1) is 52.2. The van der Waals surface area contributed by atoms with Crippen molar-refractivity contribution in [3.8, 4) is 17.2 Å². The molecule has 5 heterocycles. The summed E-state index contributed by atoms with van der Waals surface area (Å²) in [4.78, 5) is 47.5. The lowest BCUT2D eigenvalue weighted by atomic mass is 9.88. The molecule has 2 spiro atoms. The van der Waals surface area contributed by atoms with Gasteiger partial charge in [0.15, 0.2) is 17.2 Å². The molecule has 7 N–H and O–H groups in total. The number of piperidine rings is 2. The molecule has 0 radical (unpaired) electrons. The summed E-state index contributed by atoms with van der Waals surface area (Å²) in [6, 6.07) is 8.55. The number of halogens is 2. The van der Waals surface area contributed by atoms with Crippen molar-refractivity contribution in [2.75, 3.05) is 88.3 Å². The topological polar surface area (TPSA) is 284 Å². The number of phenols is 2. The molecule has 4 fully saturated rings. The normalized spacial score (nSPS) is 19.1. The molecule has 0 amide bonds. The number of aromatic hydroxyl groups is 2. The Hall–Kier alpha value is -5.08. The van der Waals surface area contributed by atoms with Gasteiger partial charge in [0.05, 0.1) is 60.5 Å². The van der Waals surface area contributed by atoms with Crippen LogP contribution in [0.4, 0.5) is 28.4 Å². The van der Waals surface area contributed by atoms with Crippen LogP contribution in [0.3, 0.4) is 0 Å². The molecular formula is C46H55Cl2N7O14S2. The number of nitrogens with zero attached hydrogens (tertiary/aromatic N) is 2. The van der Waals surface area contributed by atoms with Gasteiger partial charge in [-0.3, -0.25) is 19.2 Å². The molecule has 4 aliphatic rings. The average Bonchev–Trinajstić information content (AvgIpc) is 3.79. The van der Waals surface area contributed by atoms with Gasteiger partial charge >= 0.3 is 0 Å². The summed E-state index contributed by atoms with van der Waals surface area (Å²) in [5, 5.41) is 36.8. The summed E-state index contributed by atoms with van der Waals surface area (Å²) in [6.07, 6.45) is 2.79. The summed E-state index contributed by atoms with van der Waals surface area (Å²) >= 11 is 12.5. The number of benzene rings is 2. The minimum atomic E-state index is -4.17. The summed E-state index contributed by atoms with van der Waals surface area (Å²) in [5.41, 5.74) is -3.93. The SMILES string of the molecule is CCOc1c(Nc2ccc(Cl)c(S(=O)(=O)N3CCC4(CC3)COCCN4)c2O)c(=O)c1=O.CC[C@@H](Nc1c(Nc2ccc(Cl)c(S(=O)(=O)N3CCC4(CC3)COCCN4)c2O)c(=O)c1=O)c1ccc(C)o1. The van der Waals surface area contributed by atoms with Crippen molar-refractivity contribution in [1.82, 2.24) is 19.2 Å². The Balaban J connectivity index is 0.000000194. The predicted octanol–water partition coefficient (Wildman–Crippen LogP) is 3.92. The lowest BCUT2D eigenvalue weighted by Gasteiger charge is -2.44. The fourth-order valence-electron chi connectivity index (χ4n) is 9.28. The monoisotopic (exact) mass is 1060 g/mol. The van der Waals surface area contributed by atoms with E-state index in [1.54, 1.807) is 26.0 Å². The van der Waals surface area contributed by atoms with Gasteiger partial charge in [0.25, 0.3) is 21.7 Å². The highest BCUT2D eigenvalue weighted by molar-refractivity contribution is 7.89. The number of phenolic OH excluding ortho intramolecular Hbond substituents is 2. The van der Waals surface area contributed by atoms with E-state index in [1.807, 2.05) is 6.92 Å². The molecule has 0 bridgehead atoms. The molecule has 0 saturated carbocycles. The van der Waals surface area contributed by atoms with Crippen molar-refractivity contribution in [2.45, 2.75) is 79.8 Å². The molecule has 71 heavy (non-hydrogen) atoms. The van der Waals surface area contributed by atoms with E-state index < -0.39 is 63.1 Å². The summed E-state index contributed by atoms with van der Waals surface area (Å²) < 4.78 is 78.4. The van der Waals surface area contributed by atoms with Crippen LogP contribution < -0.4 is 53.0 Å². The van der Waals surface area contributed by atoms with Crippen molar-refractivity contribution in [1.29, 1.82) is 0 Å². The van der Waals surface area contributed by atoms with Gasteiger partial charge in [-0.05, 0) is 82.3 Å². The highest BCUT2D eigenvalue weighted by Crippen LogP contribution is 2.43. The van der Waals surface area contributed by atoms with Crippen molar-refractivity contribution in [3.05, 3.63) is 98.9 Å². The fourth-order valence-corrected chi connectivity index (χ4v) is 13.4. The molecule has 1 atom stereocenters. The minimum absolute atomic E-state index is 0.0307. The van der Waals surface area contributed by atoms with Crippen molar-refractivity contribution >= 4 is 71.7 Å². The van der Waals surface area contributed by atoms with Gasteiger partial charge in [0.1, 0.15) is 38.4 Å². The standard InChI is InChI=1S/C26H31ClN4O7S.C20H24ClN3O7S/c1-3-17(19-7-4-15(2)38-19)29-20-21(24(34)23(20)33)30-18-6-5-16(27)25(22(18)32)39(35,36)31-11-8-26(9-12-31)14-37-13-10-28-26;1-2-31-18-14(16(26)17(18)27)23-13-4-3-12(21)19(15(13)25)32(28,29)24-8-5-20(6-9-24)11-30-10-7-22-20/h4-7,17,28-30,32H,3,8-14H2,1-2H3;3-4,22-23,25H,2,5-11H2,1H3/t17-;/m1./s1. The minimum Gasteiger partial charge on any atom is -0.504 e. The van der Waals surface area contributed by atoms with Gasteiger partial charge in [-0.2, -0.15) is 8.61 Å². The van der Waals surface area contributed by atoms with Gasteiger partial charge in [0.2, 0.25) is 20.0 Å². The molecule has 0 unspecified atom stereocenters. The number of ether oxygens (including phenoxy) is 3. The van der Waals surface area contributed by atoms with Crippen LogP contribution in [0.25, 0.3) is 0 Å². The Morgan fingerprint density at radius 3 is 1.58 bits per heavy atom. The maximum Gasteiger partial charge on any atom is 0.272 e. The number of hydrogen-bond acceptors (Lipinski definition) is 19. The van der Waals surface area contributed by atoms with Crippen LogP contribution in [-0.4, -0.2) is 119 Å². The first-order chi connectivity index (χ1) is 33.8. The molecule has 9 rings (SSSR count). The van der Waals surface area contributed by atoms with Gasteiger partial charge in [-0.1, -0.05) is 30.1 Å². The largest absolute Gasteiger partial charge is 0.504 e. The Bertz CT molecular complexity index is 3150. The molecule has 5 aromatic rings. The number of aryl methyl sites for hydroxylation is 1. The van der Waals surface area contributed by atoms with Crippen LogP contribution in [0.15, 0.2) is 69.8 Å². The third kappa shape index (κ3) is 10.2. The first-order valence-electron chi connectivity index (χ1n) is 23.1. The second kappa shape index (κ2) is 20.8. The van der Waals surface area contributed by atoms with Crippen LogP contribution in [0.5, 0.6) is 17.2 Å². The zero-order chi connectivity index (χ0) is 51.0. The number of hydrogen-bond donors (Lipinski definition) is 7. The highest BCUT2D eigenvalue weighted by atomic mass is 35.5. The summed E-state index contributed by atoms with van der Waals surface area (Å²) in [7, 11) is -8.30. The quantitative estimate of drug-likeness (QED) is 0.0613. The van der Waals surface area contributed by atoms with E-state index >= 15 is 0 Å². The lowest BCUT2D eigenvalue weighted by molar-refractivity contribution is 0.00455. The Labute approximate surface area is 418 Å². The maximum absolute atomic E-state index is 13.6. The van der Waals surface area contributed by atoms with E-state index in [4.69, 9.17) is 41.8 Å². The number of morpholine rings is 2. The molecule has 384 valence electrons. The van der Waals surface area contributed by atoms with Gasteiger partial charge < -0.3 is 55.4 Å². The van der Waals surface area contributed by atoms with Crippen molar-refractivity contribution in [3.63, 3.8) is 0 Å². The molecule has 0 aliphatic carbocycles. The second-order valence-electron chi connectivity index (χ2n) is 17.9.